The maximum Gasteiger partial charge on any atom is 0.159 e. The molecule has 0 aliphatic carbocycles. The van der Waals surface area contributed by atoms with E-state index in [0.29, 0.717) is 19.6 Å². The maximum absolute atomic E-state index is 11.9. The Bertz CT molecular complexity index is 425. The number of nitrogens with zero attached hydrogens (tertiary/aromatic N) is 3. The van der Waals surface area contributed by atoms with E-state index in [1.807, 2.05) is 6.20 Å². The van der Waals surface area contributed by atoms with E-state index in [0.717, 1.165) is 5.69 Å². The quantitative estimate of drug-likeness (QED) is 0.777. The first kappa shape index (κ1) is 12.2. The van der Waals surface area contributed by atoms with E-state index in [-0.39, 0.29) is 11.2 Å². The number of carbonyl (C=O) groups is 1. The van der Waals surface area contributed by atoms with Gasteiger partial charge in [-0.2, -0.15) is 0 Å². The van der Waals surface area contributed by atoms with E-state index in [4.69, 9.17) is 4.74 Å². The molecule has 1 aliphatic heterocycles. The van der Waals surface area contributed by atoms with Crippen molar-refractivity contribution in [3.63, 3.8) is 0 Å². The number of Topliss-reactive ketones (excluding diaryl/α,β-unsaturated/α-hetero) is 1. The Morgan fingerprint density at radius 3 is 2.65 bits per heavy atom. The van der Waals surface area contributed by atoms with E-state index in [1.165, 1.54) is 0 Å². The van der Waals surface area contributed by atoms with Crippen molar-refractivity contribution in [2.45, 2.75) is 45.1 Å². The van der Waals surface area contributed by atoms with E-state index >= 15 is 0 Å². The number of ether oxygens (including phenoxy) is 1. The van der Waals surface area contributed by atoms with Crippen molar-refractivity contribution in [3.8, 4) is 0 Å². The Morgan fingerprint density at radius 2 is 2.24 bits per heavy atom. The summed E-state index contributed by atoms with van der Waals surface area (Å²) in [5.74, 6) is 0.0837. The van der Waals surface area contributed by atoms with Crippen LogP contribution in [0.2, 0.25) is 0 Å². The summed E-state index contributed by atoms with van der Waals surface area (Å²) in [5, 5.41) is 8.29. The monoisotopic (exact) mass is 237 g/mol. The average molecular weight is 237 g/mol. The second-order valence-corrected chi connectivity index (χ2v) is 5.69. The van der Waals surface area contributed by atoms with Crippen molar-refractivity contribution in [3.05, 3.63) is 11.9 Å². The second-order valence-electron chi connectivity index (χ2n) is 5.69. The highest BCUT2D eigenvalue weighted by molar-refractivity contribution is 5.84. The number of hydrogen-bond donors (Lipinski definition) is 0. The number of ketones is 1. The molecule has 0 radical (unpaired) electrons. The second kappa shape index (κ2) is 3.91. The molecule has 1 aromatic heterocycles. The van der Waals surface area contributed by atoms with E-state index in [9.17, 15) is 4.79 Å². The molecule has 0 spiro atoms. The third kappa shape index (κ3) is 1.99. The van der Waals surface area contributed by atoms with Crippen LogP contribution in [0.5, 0.6) is 0 Å². The highest BCUT2D eigenvalue weighted by Crippen LogP contribution is 2.29. The third-order valence-electron chi connectivity index (χ3n) is 3.36. The van der Waals surface area contributed by atoms with Gasteiger partial charge in [0.15, 0.2) is 5.78 Å². The molecule has 17 heavy (non-hydrogen) atoms. The average Bonchev–Trinajstić information content (AvgIpc) is 2.86. The third-order valence-corrected chi connectivity index (χ3v) is 3.36. The summed E-state index contributed by atoms with van der Waals surface area (Å²) in [6.45, 7) is 8.82. The number of rotatable bonds is 2. The van der Waals surface area contributed by atoms with Crippen LogP contribution in [0.3, 0.4) is 0 Å². The molecule has 1 aliphatic rings. The van der Waals surface area contributed by atoms with E-state index < -0.39 is 5.54 Å². The minimum absolute atomic E-state index is 0.0598. The summed E-state index contributed by atoms with van der Waals surface area (Å²) >= 11 is 0. The lowest BCUT2D eigenvalue weighted by atomic mass is 9.91. The van der Waals surface area contributed by atoms with Gasteiger partial charge in [-0.3, -0.25) is 4.79 Å². The van der Waals surface area contributed by atoms with Gasteiger partial charge in [-0.05, 0) is 6.92 Å². The molecule has 1 fully saturated rings. The molecule has 1 atom stereocenters. The van der Waals surface area contributed by atoms with Crippen LogP contribution in [0, 0.1) is 0 Å². The van der Waals surface area contributed by atoms with E-state index in [1.54, 1.807) is 11.6 Å². The molecular formula is C12H19N3O2. The summed E-state index contributed by atoms with van der Waals surface area (Å²) in [5.41, 5.74) is 0.191. The summed E-state index contributed by atoms with van der Waals surface area (Å²) < 4.78 is 7.05. The molecule has 1 unspecified atom stereocenters. The molecule has 2 rings (SSSR count). The first-order chi connectivity index (χ1) is 7.86. The SMILES string of the molecule is CC(=O)C1(n2cc(C(C)(C)C)nn2)CCOC1. The lowest BCUT2D eigenvalue weighted by Gasteiger charge is -2.24. The molecule has 5 nitrogen and oxygen atoms in total. The van der Waals surface area contributed by atoms with Crippen molar-refractivity contribution in [2.24, 2.45) is 0 Å². The fraction of sp³-hybridized carbons (Fsp3) is 0.750. The zero-order valence-electron chi connectivity index (χ0n) is 10.9. The van der Waals surface area contributed by atoms with Crippen molar-refractivity contribution in [1.82, 2.24) is 15.0 Å². The van der Waals surface area contributed by atoms with Gasteiger partial charge in [-0.15, -0.1) is 5.10 Å². The van der Waals surface area contributed by atoms with Crippen molar-refractivity contribution in [2.75, 3.05) is 13.2 Å². The van der Waals surface area contributed by atoms with Gasteiger partial charge in [0.1, 0.15) is 5.54 Å². The van der Waals surface area contributed by atoms with Gasteiger partial charge >= 0.3 is 0 Å². The summed E-state index contributed by atoms with van der Waals surface area (Å²) in [7, 11) is 0. The van der Waals surface area contributed by atoms with Crippen molar-refractivity contribution < 1.29 is 9.53 Å². The van der Waals surface area contributed by atoms with Gasteiger partial charge in [-0.1, -0.05) is 26.0 Å². The molecule has 0 aromatic carbocycles. The molecule has 0 amide bonds. The molecule has 0 bridgehead atoms. The lowest BCUT2D eigenvalue weighted by molar-refractivity contribution is -0.126. The van der Waals surface area contributed by atoms with Gasteiger partial charge in [0.25, 0.3) is 0 Å². The van der Waals surface area contributed by atoms with Gasteiger partial charge in [0, 0.05) is 18.4 Å². The van der Waals surface area contributed by atoms with Crippen LogP contribution in [0.15, 0.2) is 6.20 Å². The Hall–Kier alpha value is -1.23. The molecule has 2 heterocycles. The zero-order chi connectivity index (χ0) is 12.7. The standard InChI is InChI=1S/C12H19N3O2/c1-9(16)12(5-6-17-8-12)15-7-10(13-14-15)11(2,3)4/h7H,5-6,8H2,1-4H3. The highest BCUT2D eigenvalue weighted by atomic mass is 16.5. The molecule has 1 aromatic rings. The molecule has 94 valence electrons. The molecule has 5 heteroatoms. The molecule has 0 N–H and O–H groups in total. The van der Waals surface area contributed by atoms with Crippen LogP contribution < -0.4 is 0 Å². The fourth-order valence-corrected chi connectivity index (χ4v) is 1.99. The van der Waals surface area contributed by atoms with Gasteiger partial charge in [0.2, 0.25) is 0 Å². The Morgan fingerprint density at radius 1 is 1.53 bits per heavy atom. The summed E-state index contributed by atoms with van der Waals surface area (Å²) in [6, 6.07) is 0. The molecular weight excluding hydrogens is 218 g/mol. The Balaban J connectivity index is 2.39. The van der Waals surface area contributed by atoms with E-state index in [2.05, 4.69) is 31.1 Å². The van der Waals surface area contributed by atoms with Crippen LogP contribution >= 0.6 is 0 Å². The van der Waals surface area contributed by atoms with Crippen LogP contribution in [0.1, 0.15) is 39.8 Å². The van der Waals surface area contributed by atoms with Gasteiger partial charge in [0.05, 0.1) is 18.5 Å². The Kier molecular flexibility index (Phi) is 2.81. The maximum atomic E-state index is 11.9. The van der Waals surface area contributed by atoms with Crippen LogP contribution in [-0.2, 0) is 20.5 Å². The first-order valence-electron chi connectivity index (χ1n) is 5.88. The predicted molar refractivity (Wildman–Crippen MR) is 62.8 cm³/mol. The fourth-order valence-electron chi connectivity index (χ4n) is 1.99. The lowest BCUT2D eigenvalue weighted by Crippen LogP contribution is -2.41. The number of aromatic nitrogens is 3. The predicted octanol–water partition coefficient (Wildman–Crippen LogP) is 1.28. The van der Waals surface area contributed by atoms with Crippen molar-refractivity contribution >= 4 is 5.78 Å². The number of hydrogen-bond acceptors (Lipinski definition) is 4. The molecule has 0 saturated carbocycles. The first-order valence-corrected chi connectivity index (χ1v) is 5.88. The van der Waals surface area contributed by atoms with Gasteiger partial charge in [-0.25, -0.2) is 4.68 Å². The minimum atomic E-state index is -0.642. The van der Waals surface area contributed by atoms with Crippen LogP contribution in [0.25, 0.3) is 0 Å². The minimum Gasteiger partial charge on any atom is -0.378 e. The smallest absolute Gasteiger partial charge is 0.159 e. The molecule has 1 saturated heterocycles. The van der Waals surface area contributed by atoms with Gasteiger partial charge < -0.3 is 4.74 Å². The van der Waals surface area contributed by atoms with Crippen molar-refractivity contribution in [1.29, 1.82) is 0 Å². The summed E-state index contributed by atoms with van der Waals surface area (Å²) in [4.78, 5) is 11.9. The van der Waals surface area contributed by atoms with Crippen LogP contribution in [-0.4, -0.2) is 34.0 Å². The normalized spacial score (nSPS) is 25.2. The summed E-state index contributed by atoms with van der Waals surface area (Å²) in [6.07, 6.45) is 2.55. The highest BCUT2D eigenvalue weighted by Gasteiger charge is 2.43. The largest absolute Gasteiger partial charge is 0.378 e. The van der Waals surface area contributed by atoms with Crippen LogP contribution in [0.4, 0.5) is 0 Å². The number of carbonyl (C=O) groups excluding carboxylic acids is 1. The topological polar surface area (TPSA) is 57.0 Å². The Labute approximate surface area is 101 Å². The zero-order valence-corrected chi connectivity index (χ0v) is 10.9.